The number of piperidine rings is 1. The van der Waals surface area contributed by atoms with Crippen LogP contribution in [-0.4, -0.2) is 57.1 Å². The fourth-order valence-electron chi connectivity index (χ4n) is 3.39. The minimum atomic E-state index is -0.204. The van der Waals surface area contributed by atoms with Crippen molar-refractivity contribution < 1.29 is 14.6 Å². The molecule has 1 atom stereocenters. The van der Waals surface area contributed by atoms with E-state index in [2.05, 4.69) is 20.5 Å². The molecule has 0 radical (unpaired) electrons. The number of carbonyl (C=O) groups is 1. The number of rotatable bonds is 6. The summed E-state index contributed by atoms with van der Waals surface area (Å²) in [7, 11) is 1.55. The lowest BCUT2D eigenvalue weighted by Crippen LogP contribution is -2.36. The number of carbonyl (C=O) groups excluding carboxylic acids is 1. The van der Waals surface area contributed by atoms with Crippen LogP contribution in [0.4, 0.5) is 0 Å². The van der Waals surface area contributed by atoms with E-state index in [1.807, 2.05) is 26.0 Å². The maximum absolute atomic E-state index is 12.1. The van der Waals surface area contributed by atoms with Crippen LogP contribution >= 0.6 is 0 Å². The molecule has 27 heavy (non-hydrogen) atoms. The van der Waals surface area contributed by atoms with Gasteiger partial charge in [-0.2, -0.15) is 0 Å². The number of phenols is 1. The Morgan fingerprint density at radius 3 is 3.00 bits per heavy atom. The molecule has 2 aromatic rings. The minimum Gasteiger partial charge on any atom is -0.504 e. The van der Waals surface area contributed by atoms with Crippen molar-refractivity contribution in [2.24, 2.45) is 0 Å². The molecular formula is C19H27N5O3. The second-order valence-electron chi connectivity index (χ2n) is 7.21. The average Bonchev–Trinajstić information content (AvgIpc) is 3.14. The zero-order chi connectivity index (χ0) is 19.4. The fraction of sp³-hybridized carbons (Fsp3) is 0.526. The molecule has 1 aromatic carbocycles. The largest absolute Gasteiger partial charge is 0.504 e. The van der Waals surface area contributed by atoms with E-state index >= 15 is 0 Å². The summed E-state index contributed by atoms with van der Waals surface area (Å²) in [5, 5.41) is 21.3. The van der Waals surface area contributed by atoms with Crippen molar-refractivity contribution in [3.8, 4) is 11.5 Å². The molecular weight excluding hydrogens is 346 g/mol. The average molecular weight is 373 g/mol. The Kier molecular flexibility index (Phi) is 5.95. The fourth-order valence-corrected chi connectivity index (χ4v) is 3.39. The molecule has 1 unspecified atom stereocenters. The maximum Gasteiger partial charge on any atom is 0.273 e. The molecule has 1 saturated heterocycles. The molecule has 2 heterocycles. The van der Waals surface area contributed by atoms with E-state index in [-0.39, 0.29) is 23.7 Å². The highest BCUT2D eigenvalue weighted by Crippen LogP contribution is 2.31. The van der Waals surface area contributed by atoms with Crippen LogP contribution in [0.3, 0.4) is 0 Å². The number of methoxy groups -OCH3 is 1. The Morgan fingerprint density at radius 1 is 1.44 bits per heavy atom. The van der Waals surface area contributed by atoms with Crippen molar-refractivity contribution in [1.29, 1.82) is 0 Å². The van der Waals surface area contributed by atoms with Gasteiger partial charge >= 0.3 is 0 Å². The second-order valence-corrected chi connectivity index (χ2v) is 7.21. The topological polar surface area (TPSA) is 92.5 Å². The molecule has 0 spiro atoms. The van der Waals surface area contributed by atoms with Gasteiger partial charge in [0.15, 0.2) is 17.2 Å². The first-order valence-electron chi connectivity index (χ1n) is 9.27. The molecule has 8 nitrogen and oxygen atoms in total. The van der Waals surface area contributed by atoms with Crippen molar-refractivity contribution >= 4 is 5.91 Å². The molecule has 1 fully saturated rings. The zero-order valence-electron chi connectivity index (χ0n) is 16.1. The third-order valence-corrected chi connectivity index (χ3v) is 4.71. The predicted octanol–water partition coefficient (Wildman–Crippen LogP) is 1.97. The molecule has 3 rings (SSSR count). The lowest BCUT2D eigenvalue weighted by atomic mass is 10.0. The van der Waals surface area contributed by atoms with Crippen LogP contribution < -0.4 is 10.1 Å². The first-order chi connectivity index (χ1) is 13.0. The number of aromatic hydroxyl groups is 1. The monoisotopic (exact) mass is 373 g/mol. The minimum absolute atomic E-state index is 0.0587. The van der Waals surface area contributed by atoms with Gasteiger partial charge in [0.2, 0.25) is 0 Å². The standard InChI is InChI=1S/C19H27N5O3/c1-13(2)20-19(26)16-12-24(22-21-16)15-7-5-9-23(11-15)10-14-6-4-8-17(27-3)18(14)25/h4,6,8,12-13,15,25H,5,7,9-11H2,1-3H3,(H,20,26). The van der Waals surface area contributed by atoms with Crippen molar-refractivity contribution in [2.75, 3.05) is 20.2 Å². The van der Waals surface area contributed by atoms with E-state index in [9.17, 15) is 9.90 Å². The summed E-state index contributed by atoms with van der Waals surface area (Å²) in [6, 6.07) is 5.75. The first kappa shape index (κ1) is 19.2. The van der Waals surface area contributed by atoms with Crippen LogP contribution in [0.25, 0.3) is 0 Å². The number of hydrogen-bond acceptors (Lipinski definition) is 6. The van der Waals surface area contributed by atoms with Crippen LogP contribution in [0.1, 0.15) is 48.8 Å². The quantitative estimate of drug-likeness (QED) is 0.804. The summed E-state index contributed by atoms with van der Waals surface area (Å²) < 4.78 is 6.97. The van der Waals surface area contributed by atoms with Crippen molar-refractivity contribution in [2.45, 2.75) is 45.3 Å². The van der Waals surface area contributed by atoms with Gasteiger partial charge in [0.05, 0.1) is 19.3 Å². The molecule has 1 aliphatic heterocycles. The van der Waals surface area contributed by atoms with Crippen LogP contribution in [0.5, 0.6) is 11.5 Å². The van der Waals surface area contributed by atoms with Crippen LogP contribution in [0.15, 0.2) is 24.4 Å². The molecule has 1 aromatic heterocycles. The lowest BCUT2D eigenvalue weighted by Gasteiger charge is -2.32. The molecule has 0 aliphatic carbocycles. The number of amides is 1. The maximum atomic E-state index is 12.1. The molecule has 1 aliphatic rings. The van der Waals surface area contributed by atoms with E-state index in [1.54, 1.807) is 24.1 Å². The molecule has 8 heteroatoms. The van der Waals surface area contributed by atoms with Gasteiger partial charge in [0.1, 0.15) is 0 Å². The molecule has 146 valence electrons. The summed E-state index contributed by atoms with van der Waals surface area (Å²) in [6.07, 6.45) is 3.72. The lowest BCUT2D eigenvalue weighted by molar-refractivity contribution is 0.0938. The van der Waals surface area contributed by atoms with Crippen LogP contribution in [0.2, 0.25) is 0 Å². The highest BCUT2D eigenvalue weighted by Gasteiger charge is 2.24. The molecule has 0 bridgehead atoms. The highest BCUT2D eigenvalue weighted by atomic mass is 16.5. The summed E-state index contributed by atoms with van der Waals surface area (Å²) in [6.45, 7) is 6.19. The first-order valence-corrected chi connectivity index (χ1v) is 9.27. The Balaban J connectivity index is 1.66. The number of aromatic nitrogens is 3. The van der Waals surface area contributed by atoms with E-state index < -0.39 is 0 Å². The van der Waals surface area contributed by atoms with E-state index in [0.717, 1.165) is 31.5 Å². The number of likely N-dealkylation sites (tertiary alicyclic amines) is 1. The van der Waals surface area contributed by atoms with Crippen molar-refractivity contribution in [3.05, 3.63) is 35.7 Å². The third-order valence-electron chi connectivity index (χ3n) is 4.71. The van der Waals surface area contributed by atoms with E-state index in [1.165, 1.54) is 0 Å². The molecule has 1 amide bonds. The zero-order valence-corrected chi connectivity index (χ0v) is 16.1. The van der Waals surface area contributed by atoms with Gasteiger partial charge in [0.25, 0.3) is 5.91 Å². The number of phenolic OH excluding ortho intramolecular Hbond substituents is 1. The van der Waals surface area contributed by atoms with Gasteiger partial charge in [-0.05, 0) is 39.3 Å². The Labute approximate surface area is 159 Å². The van der Waals surface area contributed by atoms with E-state index in [4.69, 9.17) is 4.74 Å². The summed E-state index contributed by atoms with van der Waals surface area (Å²) in [5.74, 6) is 0.471. The summed E-state index contributed by atoms with van der Waals surface area (Å²) in [4.78, 5) is 14.4. The van der Waals surface area contributed by atoms with E-state index in [0.29, 0.717) is 18.0 Å². The highest BCUT2D eigenvalue weighted by molar-refractivity contribution is 5.91. The Morgan fingerprint density at radius 2 is 2.26 bits per heavy atom. The van der Waals surface area contributed by atoms with Gasteiger partial charge in [-0.25, -0.2) is 4.68 Å². The Hall–Kier alpha value is -2.61. The van der Waals surface area contributed by atoms with Gasteiger partial charge < -0.3 is 15.2 Å². The van der Waals surface area contributed by atoms with Crippen LogP contribution in [-0.2, 0) is 6.54 Å². The normalized spacial score (nSPS) is 17.9. The molecule has 2 N–H and O–H groups in total. The number of nitrogens with one attached hydrogen (secondary N) is 1. The van der Waals surface area contributed by atoms with Crippen molar-refractivity contribution in [3.63, 3.8) is 0 Å². The number of para-hydroxylation sites is 1. The Bertz CT molecular complexity index is 789. The number of benzene rings is 1. The number of ether oxygens (including phenoxy) is 1. The van der Waals surface area contributed by atoms with Gasteiger partial charge in [-0.1, -0.05) is 17.3 Å². The van der Waals surface area contributed by atoms with Crippen LogP contribution in [0, 0.1) is 0 Å². The number of nitrogens with zero attached hydrogens (tertiary/aromatic N) is 4. The van der Waals surface area contributed by atoms with Crippen molar-refractivity contribution in [1.82, 2.24) is 25.2 Å². The third kappa shape index (κ3) is 4.57. The van der Waals surface area contributed by atoms with Gasteiger partial charge in [-0.3, -0.25) is 9.69 Å². The molecule has 0 saturated carbocycles. The summed E-state index contributed by atoms with van der Waals surface area (Å²) >= 11 is 0. The second kappa shape index (κ2) is 8.39. The van der Waals surface area contributed by atoms with Gasteiger partial charge in [0, 0.05) is 24.7 Å². The predicted molar refractivity (Wildman–Crippen MR) is 101 cm³/mol. The number of hydrogen-bond donors (Lipinski definition) is 2. The smallest absolute Gasteiger partial charge is 0.273 e. The summed E-state index contributed by atoms with van der Waals surface area (Å²) in [5.41, 5.74) is 1.18. The van der Waals surface area contributed by atoms with Gasteiger partial charge in [-0.15, -0.1) is 5.10 Å². The SMILES string of the molecule is COc1cccc(CN2CCCC(n3cc(C(=O)NC(C)C)nn3)C2)c1O.